The van der Waals surface area contributed by atoms with Crippen molar-refractivity contribution in [1.29, 1.82) is 0 Å². The Bertz CT molecular complexity index is 483. The molecule has 98 valence electrons. The van der Waals surface area contributed by atoms with Crippen molar-refractivity contribution >= 4 is 5.78 Å². The summed E-state index contributed by atoms with van der Waals surface area (Å²) in [5.41, 5.74) is 0.542. The molecule has 0 aromatic heterocycles. The summed E-state index contributed by atoms with van der Waals surface area (Å²) in [6.07, 6.45) is -0.854. The molecule has 1 N–H and O–H groups in total. The highest BCUT2D eigenvalue weighted by Gasteiger charge is 2.23. The average molecular weight is 253 g/mol. The molecular formula is C14H18FNO2. The van der Waals surface area contributed by atoms with E-state index in [1.807, 2.05) is 0 Å². The minimum absolute atomic E-state index is 0.00755. The molecule has 2 rings (SSSR count). The maximum Gasteiger partial charge on any atom is 0.162 e. The smallest absolute Gasteiger partial charge is 0.162 e. The quantitative estimate of drug-likeness (QED) is 0.819. The van der Waals surface area contributed by atoms with Crippen molar-refractivity contribution in [1.82, 2.24) is 5.31 Å². The number of ketones is 1. The molecule has 1 aromatic carbocycles. The fourth-order valence-electron chi connectivity index (χ4n) is 1.97. The van der Waals surface area contributed by atoms with Gasteiger partial charge in [0.15, 0.2) is 5.78 Å². The molecule has 1 heterocycles. The lowest BCUT2D eigenvalue weighted by molar-refractivity contribution is 0.0976. The van der Waals surface area contributed by atoms with Crippen LogP contribution >= 0.6 is 0 Å². The van der Waals surface area contributed by atoms with Crippen LogP contribution in [0.1, 0.15) is 31.0 Å². The van der Waals surface area contributed by atoms with E-state index in [1.165, 1.54) is 0 Å². The zero-order valence-corrected chi connectivity index (χ0v) is 10.4. The summed E-state index contributed by atoms with van der Waals surface area (Å²) in [7, 11) is 1.55. The zero-order chi connectivity index (χ0) is 14.8. The third kappa shape index (κ3) is 3.29. The zero-order valence-electron chi connectivity index (χ0n) is 12.4. The van der Waals surface area contributed by atoms with E-state index in [4.69, 9.17) is 7.52 Å². The molecule has 0 radical (unpaired) electrons. The number of hydrogen-bond acceptors (Lipinski definition) is 3. The van der Waals surface area contributed by atoms with Crippen molar-refractivity contribution in [3.05, 3.63) is 29.8 Å². The first-order valence-electron chi connectivity index (χ1n) is 6.97. The number of ether oxygens (including phenoxy) is 1. The van der Waals surface area contributed by atoms with Crippen LogP contribution in [0.2, 0.25) is 1.41 Å². The van der Waals surface area contributed by atoms with Crippen molar-refractivity contribution in [2.24, 2.45) is 0 Å². The number of carbonyl (C=O) groups excluding carboxylic acids is 1. The maximum absolute atomic E-state index is 13.2. The first kappa shape index (κ1) is 10.5. The highest BCUT2D eigenvalue weighted by atomic mass is 19.1. The van der Waals surface area contributed by atoms with E-state index in [0.717, 1.165) is 5.31 Å². The van der Waals surface area contributed by atoms with Gasteiger partial charge in [0.2, 0.25) is 0 Å². The largest absolute Gasteiger partial charge is 0.497 e. The second-order valence-electron chi connectivity index (χ2n) is 4.36. The van der Waals surface area contributed by atoms with Gasteiger partial charge in [0, 0.05) is 25.9 Å². The molecule has 0 amide bonds. The molecule has 1 aromatic rings. The molecule has 0 saturated carbocycles. The van der Waals surface area contributed by atoms with Crippen LogP contribution in [0.3, 0.4) is 0 Å². The molecule has 1 aliphatic rings. The van der Waals surface area contributed by atoms with Crippen LogP contribution in [0.25, 0.3) is 0 Å². The molecule has 4 heteroatoms. The number of rotatable bonds is 5. The predicted molar refractivity (Wildman–Crippen MR) is 67.9 cm³/mol. The van der Waals surface area contributed by atoms with Crippen molar-refractivity contribution in [2.45, 2.75) is 31.5 Å². The summed E-state index contributed by atoms with van der Waals surface area (Å²) in [5.74, 6) is 0.571. The SMILES string of the molecule is [2H]N1CC(F)CC1([2H])CCC(=O)c1ccc(OC)cc1. The van der Waals surface area contributed by atoms with Crippen LogP contribution < -0.4 is 10.0 Å². The minimum atomic E-state index is -1.29. The summed E-state index contributed by atoms with van der Waals surface area (Å²) in [6, 6.07) is 5.45. The molecule has 2 atom stereocenters. The third-order valence-corrected chi connectivity index (χ3v) is 3.02. The molecule has 18 heavy (non-hydrogen) atoms. The second kappa shape index (κ2) is 5.96. The van der Waals surface area contributed by atoms with Crippen LogP contribution in [0.4, 0.5) is 4.39 Å². The van der Waals surface area contributed by atoms with Gasteiger partial charge < -0.3 is 10.0 Å². The van der Waals surface area contributed by atoms with E-state index < -0.39 is 12.2 Å². The van der Waals surface area contributed by atoms with Gasteiger partial charge >= 0.3 is 0 Å². The van der Waals surface area contributed by atoms with Crippen LogP contribution in [0, 0.1) is 0 Å². The predicted octanol–water partition coefficient (Wildman–Crippen LogP) is 2.36. The second-order valence-corrected chi connectivity index (χ2v) is 4.36. The fourth-order valence-corrected chi connectivity index (χ4v) is 1.97. The van der Waals surface area contributed by atoms with E-state index in [9.17, 15) is 9.18 Å². The highest BCUT2D eigenvalue weighted by Crippen LogP contribution is 2.17. The van der Waals surface area contributed by atoms with Crippen LogP contribution in [0.15, 0.2) is 24.3 Å². The van der Waals surface area contributed by atoms with Gasteiger partial charge in [0.05, 0.1) is 7.11 Å². The Morgan fingerprint density at radius 2 is 2.33 bits per heavy atom. The number of carbonyl (C=O) groups is 1. The highest BCUT2D eigenvalue weighted by molar-refractivity contribution is 5.96. The van der Waals surface area contributed by atoms with Gasteiger partial charge in [-0.2, -0.15) is 0 Å². The van der Waals surface area contributed by atoms with Gasteiger partial charge in [-0.1, -0.05) is 0 Å². The number of hydrogen-bond donors (Lipinski definition) is 1. The first-order chi connectivity index (χ1) is 9.44. The fraction of sp³-hybridized carbons (Fsp3) is 0.500. The Morgan fingerprint density at radius 1 is 1.61 bits per heavy atom. The van der Waals surface area contributed by atoms with Gasteiger partial charge in [-0.25, -0.2) is 4.39 Å². The molecule has 2 unspecified atom stereocenters. The summed E-state index contributed by atoms with van der Waals surface area (Å²) >= 11 is 0. The average Bonchev–Trinajstić information content (AvgIpc) is 2.70. The lowest BCUT2D eigenvalue weighted by Gasteiger charge is -2.08. The number of alkyl halides is 1. The molecule has 1 saturated heterocycles. The van der Waals surface area contributed by atoms with E-state index in [0.29, 0.717) is 11.3 Å². The number of methoxy groups -OCH3 is 1. The van der Waals surface area contributed by atoms with Crippen molar-refractivity contribution in [3.63, 3.8) is 0 Å². The molecular weight excluding hydrogens is 233 g/mol. The van der Waals surface area contributed by atoms with E-state index in [1.54, 1.807) is 31.4 Å². The standard InChI is InChI=1S/C14H18FNO2/c1-18-13-5-2-10(3-6-13)14(17)7-4-12-8-11(15)9-16-12/h2-3,5-6,11-12,16H,4,7-9H2,1H3/i12D/hD. The molecule has 0 aliphatic carbocycles. The van der Waals surface area contributed by atoms with Gasteiger partial charge in [-0.15, -0.1) is 0 Å². The number of nitrogens with one attached hydrogen (secondary N) is 1. The first-order valence-corrected chi connectivity index (χ1v) is 6.02. The van der Waals surface area contributed by atoms with Crippen LogP contribution in [-0.2, 0) is 0 Å². The van der Waals surface area contributed by atoms with Gasteiger partial charge in [0.1, 0.15) is 13.3 Å². The topological polar surface area (TPSA) is 38.3 Å². The molecule has 0 bridgehead atoms. The Balaban J connectivity index is 1.94. The number of halogens is 1. The van der Waals surface area contributed by atoms with E-state index in [-0.39, 0.29) is 31.6 Å². The van der Waals surface area contributed by atoms with Gasteiger partial charge in [-0.3, -0.25) is 4.79 Å². The monoisotopic (exact) mass is 253 g/mol. The van der Waals surface area contributed by atoms with Crippen molar-refractivity contribution < 1.29 is 16.7 Å². The molecule has 1 aliphatic heterocycles. The summed E-state index contributed by atoms with van der Waals surface area (Å²) in [6.45, 7) is -0.0553. The number of benzene rings is 1. The maximum atomic E-state index is 13.2. The lowest BCUT2D eigenvalue weighted by atomic mass is 10.0. The Labute approximate surface area is 109 Å². The van der Waals surface area contributed by atoms with Crippen molar-refractivity contribution in [2.75, 3.05) is 13.7 Å². The minimum Gasteiger partial charge on any atom is -0.497 e. The normalized spacial score (nSPS) is 29.8. The lowest BCUT2D eigenvalue weighted by Crippen LogP contribution is -2.22. The summed E-state index contributed by atoms with van der Waals surface area (Å²) < 4.78 is 33.9. The Hall–Kier alpha value is -1.42. The van der Waals surface area contributed by atoms with E-state index >= 15 is 0 Å². The van der Waals surface area contributed by atoms with Gasteiger partial charge in [-0.05, 0) is 37.1 Å². The number of Topliss-reactive ketones (excluding diaryl/α,β-unsaturated/α-hetero) is 1. The molecule has 3 nitrogen and oxygen atoms in total. The summed E-state index contributed by atoms with van der Waals surface area (Å²) in [5, 5.41) is 0.943. The van der Waals surface area contributed by atoms with Crippen LogP contribution in [-0.4, -0.2) is 31.6 Å². The van der Waals surface area contributed by atoms with Crippen LogP contribution in [0.5, 0.6) is 5.75 Å². The van der Waals surface area contributed by atoms with E-state index in [2.05, 4.69) is 0 Å². The van der Waals surface area contributed by atoms with Gasteiger partial charge in [0.25, 0.3) is 0 Å². The molecule has 0 spiro atoms. The summed E-state index contributed by atoms with van der Waals surface area (Å²) in [4.78, 5) is 12.0. The van der Waals surface area contributed by atoms with Crippen molar-refractivity contribution in [3.8, 4) is 5.75 Å². The third-order valence-electron chi connectivity index (χ3n) is 3.02. The Kier molecular flexibility index (Phi) is 3.47. The Morgan fingerprint density at radius 3 is 2.89 bits per heavy atom. The molecule has 1 fully saturated rings.